The van der Waals surface area contributed by atoms with E-state index in [0.717, 1.165) is 23.5 Å². The zero-order chi connectivity index (χ0) is 15.4. The minimum atomic E-state index is 0.580. The van der Waals surface area contributed by atoms with Crippen LogP contribution in [0.15, 0.2) is 78.9 Å². The van der Waals surface area contributed by atoms with E-state index in [0.29, 0.717) is 10.0 Å². The highest BCUT2D eigenvalue weighted by Crippen LogP contribution is 2.29. The van der Waals surface area contributed by atoms with Crippen molar-refractivity contribution in [2.24, 2.45) is 0 Å². The molecule has 0 aromatic heterocycles. The van der Waals surface area contributed by atoms with Crippen molar-refractivity contribution in [1.29, 1.82) is 0 Å². The largest absolute Gasteiger partial charge is 0.337 e. The minimum Gasteiger partial charge on any atom is -0.337 e. The first kappa shape index (κ1) is 15.0. The molecule has 110 valence electrons. The van der Waals surface area contributed by atoms with Crippen LogP contribution in [0.3, 0.4) is 0 Å². The topological polar surface area (TPSA) is 3.24 Å². The third-order valence-corrected chi connectivity index (χ3v) is 4.20. The zero-order valence-corrected chi connectivity index (χ0v) is 13.4. The van der Waals surface area contributed by atoms with Gasteiger partial charge in [-0.05, 0) is 42.0 Å². The summed E-state index contributed by atoms with van der Waals surface area (Å²) < 4.78 is 0. The monoisotopic (exact) mass is 327 g/mol. The van der Waals surface area contributed by atoms with Crippen LogP contribution in [-0.4, -0.2) is 0 Å². The lowest BCUT2D eigenvalue weighted by Gasteiger charge is -2.25. The first-order valence-electron chi connectivity index (χ1n) is 7.05. The Morgan fingerprint density at radius 2 is 1.18 bits per heavy atom. The van der Waals surface area contributed by atoms with Gasteiger partial charge in [-0.2, -0.15) is 0 Å². The maximum Gasteiger partial charge on any atom is 0.0595 e. The molecular weight excluding hydrogens is 313 g/mol. The molecule has 0 N–H and O–H groups in total. The van der Waals surface area contributed by atoms with E-state index in [-0.39, 0.29) is 0 Å². The molecule has 0 bridgehead atoms. The highest BCUT2D eigenvalue weighted by atomic mass is 35.5. The molecule has 3 aromatic rings. The molecule has 0 amide bonds. The van der Waals surface area contributed by atoms with Crippen LogP contribution in [0.2, 0.25) is 10.0 Å². The summed E-state index contributed by atoms with van der Waals surface area (Å²) in [4.78, 5) is 2.25. The minimum absolute atomic E-state index is 0.580. The van der Waals surface area contributed by atoms with Crippen LogP contribution < -0.4 is 4.90 Å². The van der Waals surface area contributed by atoms with Crippen LogP contribution in [0, 0.1) is 0 Å². The van der Waals surface area contributed by atoms with Gasteiger partial charge in [0.25, 0.3) is 0 Å². The van der Waals surface area contributed by atoms with Crippen LogP contribution in [0.5, 0.6) is 0 Å². The molecule has 0 unspecified atom stereocenters. The second-order valence-electron chi connectivity index (χ2n) is 5.01. The SMILES string of the molecule is Clc1ccc(CN(c2ccccc2)c2ccccc2)cc1Cl. The molecule has 3 aromatic carbocycles. The summed E-state index contributed by atoms with van der Waals surface area (Å²) in [6.07, 6.45) is 0. The van der Waals surface area contributed by atoms with Crippen molar-refractivity contribution in [3.05, 3.63) is 94.5 Å². The number of benzene rings is 3. The van der Waals surface area contributed by atoms with Gasteiger partial charge < -0.3 is 4.90 Å². The molecule has 0 aliphatic heterocycles. The number of hydrogen-bond donors (Lipinski definition) is 0. The average molecular weight is 328 g/mol. The number of anilines is 2. The molecule has 0 saturated carbocycles. The Kier molecular flexibility index (Phi) is 4.67. The molecule has 0 heterocycles. The molecule has 22 heavy (non-hydrogen) atoms. The summed E-state index contributed by atoms with van der Waals surface area (Å²) in [6, 6.07) is 26.4. The molecule has 1 nitrogen and oxygen atoms in total. The summed E-state index contributed by atoms with van der Waals surface area (Å²) in [5, 5.41) is 1.16. The molecule has 0 atom stereocenters. The van der Waals surface area contributed by atoms with Gasteiger partial charge in [0.1, 0.15) is 0 Å². The lowest BCUT2D eigenvalue weighted by Crippen LogP contribution is -2.16. The van der Waals surface area contributed by atoms with Gasteiger partial charge in [0.15, 0.2) is 0 Å². The number of para-hydroxylation sites is 2. The van der Waals surface area contributed by atoms with Gasteiger partial charge in [-0.25, -0.2) is 0 Å². The fraction of sp³-hybridized carbons (Fsp3) is 0.0526. The quantitative estimate of drug-likeness (QED) is 0.541. The van der Waals surface area contributed by atoms with Gasteiger partial charge in [-0.1, -0.05) is 65.7 Å². The van der Waals surface area contributed by atoms with E-state index in [9.17, 15) is 0 Å². The molecule has 0 radical (unpaired) electrons. The van der Waals surface area contributed by atoms with Crippen LogP contribution in [0.4, 0.5) is 11.4 Å². The van der Waals surface area contributed by atoms with E-state index in [1.807, 2.05) is 54.6 Å². The number of nitrogens with zero attached hydrogens (tertiary/aromatic N) is 1. The van der Waals surface area contributed by atoms with E-state index < -0.39 is 0 Å². The normalized spacial score (nSPS) is 10.5. The lowest BCUT2D eigenvalue weighted by atomic mass is 10.1. The Morgan fingerprint density at radius 3 is 1.68 bits per heavy atom. The molecule has 0 fully saturated rings. The summed E-state index contributed by atoms with van der Waals surface area (Å²) in [5.41, 5.74) is 3.39. The second-order valence-corrected chi connectivity index (χ2v) is 5.82. The number of rotatable bonds is 4. The van der Waals surface area contributed by atoms with Crippen molar-refractivity contribution in [2.75, 3.05) is 4.90 Å². The van der Waals surface area contributed by atoms with Gasteiger partial charge in [-0.3, -0.25) is 0 Å². The van der Waals surface area contributed by atoms with Crippen molar-refractivity contribution in [3.8, 4) is 0 Å². The highest BCUT2D eigenvalue weighted by molar-refractivity contribution is 6.42. The fourth-order valence-electron chi connectivity index (χ4n) is 2.37. The van der Waals surface area contributed by atoms with Crippen molar-refractivity contribution >= 4 is 34.6 Å². The Labute approximate surface area is 140 Å². The highest BCUT2D eigenvalue weighted by Gasteiger charge is 2.10. The van der Waals surface area contributed by atoms with Crippen molar-refractivity contribution in [2.45, 2.75) is 6.54 Å². The standard InChI is InChI=1S/C19H15Cl2N/c20-18-12-11-15(13-19(18)21)14-22(16-7-3-1-4-8-16)17-9-5-2-6-10-17/h1-13H,14H2. The van der Waals surface area contributed by atoms with E-state index in [1.165, 1.54) is 0 Å². The van der Waals surface area contributed by atoms with Crippen LogP contribution in [0.1, 0.15) is 5.56 Å². The molecule has 3 rings (SSSR count). The van der Waals surface area contributed by atoms with E-state index in [4.69, 9.17) is 23.2 Å². The molecule has 0 aliphatic carbocycles. The Balaban J connectivity index is 1.97. The third kappa shape index (κ3) is 3.44. The van der Waals surface area contributed by atoms with Crippen LogP contribution in [-0.2, 0) is 6.54 Å². The Hall–Kier alpha value is -1.96. The predicted octanol–water partition coefficient (Wildman–Crippen LogP) is 6.33. The van der Waals surface area contributed by atoms with Gasteiger partial charge in [-0.15, -0.1) is 0 Å². The van der Waals surface area contributed by atoms with Gasteiger partial charge in [0.2, 0.25) is 0 Å². The first-order valence-corrected chi connectivity index (χ1v) is 7.81. The number of halogens is 2. The van der Waals surface area contributed by atoms with Gasteiger partial charge >= 0.3 is 0 Å². The molecule has 0 saturated heterocycles. The number of hydrogen-bond acceptors (Lipinski definition) is 1. The van der Waals surface area contributed by atoms with Gasteiger partial charge in [0, 0.05) is 17.9 Å². The first-order chi connectivity index (χ1) is 10.7. The van der Waals surface area contributed by atoms with E-state index >= 15 is 0 Å². The second kappa shape index (κ2) is 6.87. The third-order valence-electron chi connectivity index (χ3n) is 3.46. The van der Waals surface area contributed by atoms with Crippen LogP contribution in [0.25, 0.3) is 0 Å². The van der Waals surface area contributed by atoms with Crippen molar-refractivity contribution in [1.82, 2.24) is 0 Å². The van der Waals surface area contributed by atoms with Crippen molar-refractivity contribution in [3.63, 3.8) is 0 Å². The van der Waals surface area contributed by atoms with E-state index in [1.54, 1.807) is 0 Å². The van der Waals surface area contributed by atoms with Crippen molar-refractivity contribution < 1.29 is 0 Å². The molecule has 0 aliphatic rings. The van der Waals surface area contributed by atoms with Crippen LogP contribution >= 0.6 is 23.2 Å². The fourth-order valence-corrected chi connectivity index (χ4v) is 2.69. The molecule has 3 heteroatoms. The smallest absolute Gasteiger partial charge is 0.0595 e. The summed E-state index contributed by atoms with van der Waals surface area (Å²) in [5.74, 6) is 0. The predicted molar refractivity (Wildman–Crippen MR) is 95.2 cm³/mol. The summed E-state index contributed by atoms with van der Waals surface area (Å²) in [7, 11) is 0. The Bertz CT molecular complexity index is 702. The van der Waals surface area contributed by atoms with Gasteiger partial charge in [0.05, 0.1) is 10.0 Å². The lowest BCUT2D eigenvalue weighted by molar-refractivity contribution is 0.975. The maximum absolute atomic E-state index is 6.14. The summed E-state index contributed by atoms with van der Waals surface area (Å²) >= 11 is 12.1. The zero-order valence-electron chi connectivity index (χ0n) is 11.9. The average Bonchev–Trinajstić information content (AvgIpc) is 2.57. The maximum atomic E-state index is 6.14. The van der Waals surface area contributed by atoms with E-state index in [2.05, 4.69) is 29.2 Å². The molecule has 0 spiro atoms. The Morgan fingerprint density at radius 1 is 0.636 bits per heavy atom. The summed E-state index contributed by atoms with van der Waals surface area (Å²) in [6.45, 7) is 0.727. The molecular formula is C19H15Cl2N.